The first kappa shape index (κ1) is 13.3. The van der Waals surface area contributed by atoms with Crippen LogP contribution in [-0.4, -0.2) is 7.05 Å². The molecule has 2 aromatic heterocycles. The van der Waals surface area contributed by atoms with Gasteiger partial charge in [-0.3, -0.25) is 0 Å². The summed E-state index contributed by atoms with van der Waals surface area (Å²) in [6, 6.07) is 13.3. The van der Waals surface area contributed by atoms with E-state index in [9.17, 15) is 0 Å². The summed E-state index contributed by atoms with van der Waals surface area (Å²) in [6.07, 6.45) is 1.04. The normalized spacial score (nSPS) is 12.9. The third-order valence-corrected chi connectivity index (χ3v) is 5.90. The summed E-state index contributed by atoms with van der Waals surface area (Å²) in [4.78, 5) is 1.40. The molecule has 3 aromatic rings. The Morgan fingerprint density at radius 2 is 2.05 bits per heavy atom. The average molecular weight is 352 g/mol. The molecule has 0 spiro atoms. The van der Waals surface area contributed by atoms with E-state index in [4.69, 9.17) is 0 Å². The predicted octanol–water partition coefficient (Wildman–Crippen LogP) is 5.23. The van der Waals surface area contributed by atoms with Gasteiger partial charge in [0.25, 0.3) is 0 Å². The van der Waals surface area contributed by atoms with Crippen molar-refractivity contribution < 1.29 is 0 Å². The SMILES string of the molecule is CNC(Cc1ccc(Br)s1)c1csc2ccccc12. The Morgan fingerprint density at radius 3 is 2.79 bits per heavy atom. The van der Waals surface area contributed by atoms with Crippen LogP contribution in [0.25, 0.3) is 10.1 Å². The average Bonchev–Trinajstić information content (AvgIpc) is 3.02. The van der Waals surface area contributed by atoms with Gasteiger partial charge in [-0.05, 0) is 57.5 Å². The van der Waals surface area contributed by atoms with Crippen molar-refractivity contribution in [1.29, 1.82) is 0 Å². The van der Waals surface area contributed by atoms with E-state index in [1.807, 2.05) is 29.7 Å². The van der Waals surface area contributed by atoms with Crippen molar-refractivity contribution in [2.75, 3.05) is 7.05 Å². The standard InChI is InChI=1S/C15H14BrNS2/c1-17-13(8-10-6-7-15(16)19-10)12-9-18-14-5-3-2-4-11(12)14/h2-7,9,13,17H,8H2,1H3. The van der Waals surface area contributed by atoms with Gasteiger partial charge in [-0.2, -0.15) is 0 Å². The Morgan fingerprint density at radius 1 is 1.21 bits per heavy atom. The van der Waals surface area contributed by atoms with E-state index in [2.05, 4.69) is 63.0 Å². The molecule has 0 aliphatic carbocycles. The lowest BCUT2D eigenvalue weighted by Crippen LogP contribution is -2.17. The van der Waals surface area contributed by atoms with E-state index in [0.29, 0.717) is 6.04 Å². The van der Waals surface area contributed by atoms with Crippen LogP contribution in [0.4, 0.5) is 0 Å². The van der Waals surface area contributed by atoms with Gasteiger partial charge in [-0.25, -0.2) is 0 Å². The van der Waals surface area contributed by atoms with Crippen molar-refractivity contribution in [2.24, 2.45) is 0 Å². The molecule has 98 valence electrons. The number of hydrogen-bond acceptors (Lipinski definition) is 3. The molecule has 19 heavy (non-hydrogen) atoms. The molecular weight excluding hydrogens is 338 g/mol. The summed E-state index contributed by atoms with van der Waals surface area (Å²) in [5, 5.41) is 7.12. The molecule has 0 aliphatic heterocycles. The van der Waals surface area contributed by atoms with Gasteiger partial charge in [-0.1, -0.05) is 18.2 Å². The maximum absolute atomic E-state index is 3.53. The minimum atomic E-state index is 0.377. The van der Waals surface area contributed by atoms with E-state index < -0.39 is 0 Å². The van der Waals surface area contributed by atoms with Crippen LogP contribution in [0.15, 0.2) is 45.6 Å². The lowest BCUT2D eigenvalue weighted by atomic mass is 10.0. The fourth-order valence-electron chi connectivity index (χ4n) is 2.30. The highest BCUT2D eigenvalue weighted by atomic mass is 79.9. The van der Waals surface area contributed by atoms with Gasteiger partial charge in [0.2, 0.25) is 0 Å². The largest absolute Gasteiger partial charge is 0.313 e. The van der Waals surface area contributed by atoms with Crippen molar-refractivity contribution in [1.82, 2.24) is 5.32 Å². The molecule has 0 aliphatic rings. The molecule has 1 atom stereocenters. The zero-order chi connectivity index (χ0) is 13.2. The van der Waals surface area contributed by atoms with Gasteiger partial charge in [0.15, 0.2) is 0 Å². The summed E-state index contributed by atoms with van der Waals surface area (Å²) in [5.74, 6) is 0. The Hall–Kier alpha value is -0.680. The highest BCUT2D eigenvalue weighted by molar-refractivity contribution is 9.11. The molecule has 0 bridgehead atoms. The van der Waals surface area contributed by atoms with E-state index in [0.717, 1.165) is 6.42 Å². The van der Waals surface area contributed by atoms with Crippen molar-refractivity contribution in [3.63, 3.8) is 0 Å². The zero-order valence-electron chi connectivity index (χ0n) is 10.5. The lowest BCUT2D eigenvalue weighted by Gasteiger charge is -2.14. The third-order valence-electron chi connectivity index (χ3n) is 3.27. The van der Waals surface area contributed by atoms with Crippen molar-refractivity contribution in [2.45, 2.75) is 12.5 Å². The summed E-state index contributed by atoms with van der Waals surface area (Å²) < 4.78 is 2.57. The number of likely N-dealkylation sites (N-methyl/N-ethyl adjacent to an activating group) is 1. The molecule has 4 heteroatoms. The second kappa shape index (κ2) is 5.75. The van der Waals surface area contributed by atoms with Gasteiger partial charge < -0.3 is 5.32 Å². The van der Waals surface area contributed by atoms with Gasteiger partial charge in [0.1, 0.15) is 0 Å². The first-order valence-corrected chi connectivity index (χ1v) is 8.64. The number of hydrogen-bond donors (Lipinski definition) is 1. The molecule has 0 fully saturated rings. The van der Waals surface area contributed by atoms with E-state index in [1.54, 1.807) is 0 Å². The number of rotatable bonds is 4. The molecule has 1 nitrogen and oxygen atoms in total. The number of nitrogens with one attached hydrogen (secondary N) is 1. The van der Waals surface area contributed by atoms with Crippen LogP contribution in [0.3, 0.4) is 0 Å². The summed E-state index contributed by atoms with van der Waals surface area (Å²) in [6.45, 7) is 0. The highest BCUT2D eigenvalue weighted by Crippen LogP contribution is 2.33. The van der Waals surface area contributed by atoms with Gasteiger partial charge >= 0.3 is 0 Å². The molecule has 1 unspecified atom stereocenters. The third kappa shape index (κ3) is 2.77. The number of benzene rings is 1. The smallest absolute Gasteiger partial charge is 0.0701 e. The fourth-order valence-corrected chi connectivity index (χ4v) is 4.84. The number of thiophene rings is 2. The predicted molar refractivity (Wildman–Crippen MR) is 89.3 cm³/mol. The molecule has 1 N–H and O–H groups in total. The number of halogens is 1. The Bertz CT molecular complexity index is 686. The molecule has 0 saturated heterocycles. The summed E-state index contributed by atoms with van der Waals surface area (Å²) in [5.41, 5.74) is 1.41. The fraction of sp³-hybridized carbons (Fsp3) is 0.200. The first-order chi connectivity index (χ1) is 9.28. The van der Waals surface area contributed by atoms with Crippen molar-refractivity contribution >= 4 is 48.7 Å². The maximum Gasteiger partial charge on any atom is 0.0701 e. The van der Waals surface area contributed by atoms with Gasteiger partial charge in [0, 0.05) is 22.0 Å². The Labute approximate surface area is 129 Å². The second-order valence-electron chi connectivity index (χ2n) is 4.44. The summed E-state index contributed by atoms with van der Waals surface area (Å²) >= 11 is 7.17. The number of fused-ring (bicyclic) bond motifs is 1. The second-order valence-corrected chi connectivity index (χ2v) is 7.90. The topological polar surface area (TPSA) is 12.0 Å². The van der Waals surface area contributed by atoms with Crippen LogP contribution >= 0.6 is 38.6 Å². The maximum atomic E-state index is 3.53. The van der Waals surface area contributed by atoms with Crippen molar-refractivity contribution in [3.05, 3.63) is 56.0 Å². The quantitative estimate of drug-likeness (QED) is 0.678. The lowest BCUT2D eigenvalue weighted by molar-refractivity contribution is 0.602. The van der Waals surface area contributed by atoms with Crippen LogP contribution in [0.5, 0.6) is 0 Å². The molecule has 0 radical (unpaired) electrons. The van der Waals surface area contributed by atoms with Crippen LogP contribution in [0, 0.1) is 0 Å². The van der Waals surface area contributed by atoms with E-state index in [1.165, 1.54) is 24.3 Å². The van der Waals surface area contributed by atoms with Gasteiger partial charge in [-0.15, -0.1) is 22.7 Å². The van der Waals surface area contributed by atoms with Crippen LogP contribution in [0.1, 0.15) is 16.5 Å². The van der Waals surface area contributed by atoms with Gasteiger partial charge in [0.05, 0.1) is 3.79 Å². The highest BCUT2D eigenvalue weighted by Gasteiger charge is 2.15. The van der Waals surface area contributed by atoms with Crippen LogP contribution in [0.2, 0.25) is 0 Å². The van der Waals surface area contributed by atoms with Crippen LogP contribution in [-0.2, 0) is 6.42 Å². The monoisotopic (exact) mass is 351 g/mol. The minimum absolute atomic E-state index is 0.377. The van der Waals surface area contributed by atoms with Crippen LogP contribution < -0.4 is 5.32 Å². The van der Waals surface area contributed by atoms with Crippen molar-refractivity contribution in [3.8, 4) is 0 Å². The molecule has 1 aromatic carbocycles. The van der Waals surface area contributed by atoms with E-state index >= 15 is 0 Å². The Kier molecular flexibility index (Phi) is 4.03. The molecule has 3 rings (SSSR count). The molecular formula is C15H14BrNS2. The summed E-state index contributed by atoms with van der Waals surface area (Å²) in [7, 11) is 2.04. The molecule has 0 amide bonds. The van der Waals surface area contributed by atoms with E-state index in [-0.39, 0.29) is 0 Å². The molecule has 2 heterocycles. The zero-order valence-corrected chi connectivity index (χ0v) is 13.7. The first-order valence-electron chi connectivity index (χ1n) is 6.15. The minimum Gasteiger partial charge on any atom is -0.313 e. The Balaban J connectivity index is 1.93. The molecule has 0 saturated carbocycles.